The Morgan fingerprint density at radius 1 is 1.08 bits per heavy atom. The molecule has 0 unspecified atom stereocenters. The van der Waals surface area contributed by atoms with Crippen molar-refractivity contribution >= 4 is 0 Å². The molecule has 0 heteroatoms. The van der Waals surface area contributed by atoms with Crippen LogP contribution in [0.15, 0.2) is 11.6 Å². The largest absolute Gasteiger partial charge is 0.0853 e. The van der Waals surface area contributed by atoms with E-state index in [-0.39, 0.29) is 0 Å². The molecular weight excluding hydrogens is 156 g/mol. The summed E-state index contributed by atoms with van der Waals surface area (Å²) in [5, 5.41) is 0. The van der Waals surface area contributed by atoms with Crippen LogP contribution in [0.2, 0.25) is 0 Å². The first-order valence-corrected chi connectivity index (χ1v) is 6.11. The monoisotopic (exact) mass is 184 g/mol. The Morgan fingerprint density at radius 3 is 2.08 bits per heavy atom. The molecule has 0 atom stereocenters. The topological polar surface area (TPSA) is 0 Å². The summed E-state index contributed by atoms with van der Waals surface area (Å²) in [6.07, 6.45) is 10.7. The predicted octanol–water partition coefficient (Wildman–Crippen LogP) is 5.34. The molecule has 0 bridgehead atoms. The smallest absolute Gasteiger partial charge is 0.0320 e. The van der Waals surface area contributed by atoms with Crippen LogP contribution in [0.5, 0.6) is 0 Å². The van der Waals surface area contributed by atoms with E-state index in [9.17, 15) is 0 Å². The van der Waals surface area contributed by atoms with Gasteiger partial charge in [0, 0.05) is 0 Å². The standard InChI is InChI=1S/C9H16.2C2H6/c1-2-6-9-7-4-3-5-8-9;2*1-2/h7H,2-6,8H2,1H3;2*1-2H3. The fourth-order valence-electron chi connectivity index (χ4n) is 1.45. The first kappa shape index (κ1) is 15.2. The summed E-state index contributed by atoms with van der Waals surface area (Å²) in [5.74, 6) is 0. The van der Waals surface area contributed by atoms with E-state index < -0.39 is 0 Å². The average molecular weight is 184 g/mol. The maximum Gasteiger partial charge on any atom is -0.0320 e. The van der Waals surface area contributed by atoms with Crippen molar-refractivity contribution in [1.82, 2.24) is 0 Å². The molecule has 0 aliphatic heterocycles. The van der Waals surface area contributed by atoms with Gasteiger partial charge in [0.15, 0.2) is 0 Å². The SMILES string of the molecule is CC.CC.CCCC1=CCCCC1. The summed E-state index contributed by atoms with van der Waals surface area (Å²) in [6, 6.07) is 0. The third kappa shape index (κ3) is 9.66. The molecule has 0 fully saturated rings. The first-order valence-electron chi connectivity index (χ1n) is 6.11. The first-order chi connectivity index (χ1) is 6.43. The molecular formula is C13H28. The van der Waals surface area contributed by atoms with Crippen LogP contribution in [0.25, 0.3) is 0 Å². The minimum Gasteiger partial charge on any atom is -0.0853 e. The van der Waals surface area contributed by atoms with E-state index in [4.69, 9.17) is 0 Å². The molecule has 0 spiro atoms. The molecule has 0 saturated carbocycles. The van der Waals surface area contributed by atoms with E-state index in [0.29, 0.717) is 0 Å². The highest BCUT2D eigenvalue weighted by Gasteiger charge is 2.00. The zero-order chi connectivity index (χ0) is 10.5. The molecule has 13 heavy (non-hydrogen) atoms. The fourth-order valence-corrected chi connectivity index (χ4v) is 1.45. The lowest BCUT2D eigenvalue weighted by Crippen LogP contribution is -1.90. The third-order valence-electron chi connectivity index (χ3n) is 1.96. The minimum atomic E-state index is 1.33. The lowest BCUT2D eigenvalue weighted by molar-refractivity contribution is 0.670. The molecule has 0 saturated heterocycles. The van der Waals surface area contributed by atoms with Crippen LogP contribution in [0.3, 0.4) is 0 Å². The Morgan fingerprint density at radius 2 is 1.69 bits per heavy atom. The van der Waals surface area contributed by atoms with Crippen molar-refractivity contribution < 1.29 is 0 Å². The lowest BCUT2D eigenvalue weighted by atomic mass is 9.96. The Balaban J connectivity index is 0. The molecule has 1 rings (SSSR count). The van der Waals surface area contributed by atoms with Crippen LogP contribution < -0.4 is 0 Å². The summed E-state index contributed by atoms with van der Waals surface area (Å²) in [6.45, 7) is 10.3. The highest BCUT2D eigenvalue weighted by atomic mass is 14.1. The van der Waals surface area contributed by atoms with Crippen molar-refractivity contribution in [2.75, 3.05) is 0 Å². The molecule has 0 nitrogen and oxygen atoms in total. The highest BCUT2D eigenvalue weighted by molar-refractivity contribution is 5.04. The van der Waals surface area contributed by atoms with Crippen LogP contribution >= 0.6 is 0 Å². The number of rotatable bonds is 2. The van der Waals surface area contributed by atoms with Crippen molar-refractivity contribution in [3.05, 3.63) is 11.6 Å². The van der Waals surface area contributed by atoms with Crippen molar-refractivity contribution in [1.29, 1.82) is 0 Å². The summed E-state index contributed by atoms with van der Waals surface area (Å²) >= 11 is 0. The highest BCUT2D eigenvalue weighted by Crippen LogP contribution is 2.20. The Labute approximate surface area is 85.4 Å². The van der Waals surface area contributed by atoms with Crippen LogP contribution in [-0.4, -0.2) is 0 Å². The van der Waals surface area contributed by atoms with Gasteiger partial charge in [-0.15, -0.1) is 0 Å². The second-order valence-electron chi connectivity index (χ2n) is 2.86. The maximum absolute atomic E-state index is 2.44. The Kier molecular flexibility index (Phi) is 16.7. The van der Waals surface area contributed by atoms with Gasteiger partial charge in [0.2, 0.25) is 0 Å². The Bertz CT molecular complexity index is 101. The van der Waals surface area contributed by atoms with Crippen molar-refractivity contribution in [2.45, 2.75) is 73.1 Å². The van der Waals surface area contributed by atoms with E-state index in [2.05, 4.69) is 13.0 Å². The van der Waals surface area contributed by atoms with Crippen LogP contribution in [0.4, 0.5) is 0 Å². The molecule has 1 aliphatic rings. The van der Waals surface area contributed by atoms with E-state index in [1.807, 2.05) is 27.7 Å². The summed E-state index contributed by atoms with van der Waals surface area (Å²) in [4.78, 5) is 0. The minimum absolute atomic E-state index is 1.33. The molecule has 0 aromatic rings. The van der Waals surface area contributed by atoms with Gasteiger partial charge in [-0.1, -0.05) is 52.7 Å². The van der Waals surface area contributed by atoms with Gasteiger partial charge in [-0.25, -0.2) is 0 Å². The quantitative estimate of drug-likeness (QED) is 0.508. The van der Waals surface area contributed by atoms with Gasteiger partial charge in [0.1, 0.15) is 0 Å². The van der Waals surface area contributed by atoms with Gasteiger partial charge >= 0.3 is 0 Å². The summed E-state index contributed by atoms with van der Waals surface area (Å²) < 4.78 is 0. The van der Waals surface area contributed by atoms with E-state index in [1.54, 1.807) is 5.57 Å². The van der Waals surface area contributed by atoms with Gasteiger partial charge in [0.05, 0.1) is 0 Å². The van der Waals surface area contributed by atoms with Gasteiger partial charge < -0.3 is 0 Å². The van der Waals surface area contributed by atoms with E-state index in [1.165, 1.54) is 38.5 Å². The van der Waals surface area contributed by atoms with E-state index >= 15 is 0 Å². The van der Waals surface area contributed by atoms with Gasteiger partial charge in [-0.2, -0.15) is 0 Å². The van der Waals surface area contributed by atoms with Gasteiger partial charge in [0.25, 0.3) is 0 Å². The Hall–Kier alpha value is -0.260. The normalized spacial score (nSPS) is 14.4. The number of allylic oxidation sites excluding steroid dienone is 2. The van der Waals surface area contributed by atoms with Crippen molar-refractivity contribution in [3.63, 3.8) is 0 Å². The lowest BCUT2D eigenvalue weighted by Gasteiger charge is -2.10. The molecule has 0 aromatic heterocycles. The van der Waals surface area contributed by atoms with Crippen LogP contribution in [0, 0.1) is 0 Å². The maximum atomic E-state index is 2.44. The molecule has 1 aliphatic carbocycles. The number of hydrogen-bond donors (Lipinski definition) is 0. The zero-order valence-electron chi connectivity index (χ0n) is 10.3. The molecule has 0 heterocycles. The molecule has 0 amide bonds. The number of hydrogen-bond acceptors (Lipinski definition) is 0. The second kappa shape index (κ2) is 14.3. The molecule has 0 radical (unpaired) electrons. The molecule has 0 N–H and O–H groups in total. The second-order valence-corrected chi connectivity index (χ2v) is 2.86. The average Bonchev–Trinajstić information content (AvgIpc) is 2.26. The van der Waals surface area contributed by atoms with Crippen LogP contribution in [-0.2, 0) is 0 Å². The van der Waals surface area contributed by atoms with Crippen molar-refractivity contribution in [3.8, 4) is 0 Å². The predicted molar refractivity (Wildman–Crippen MR) is 64.2 cm³/mol. The van der Waals surface area contributed by atoms with Crippen LogP contribution in [0.1, 0.15) is 73.1 Å². The summed E-state index contributed by atoms with van der Waals surface area (Å²) in [7, 11) is 0. The summed E-state index contributed by atoms with van der Waals surface area (Å²) in [5.41, 5.74) is 1.71. The third-order valence-corrected chi connectivity index (χ3v) is 1.96. The van der Waals surface area contributed by atoms with E-state index in [0.717, 1.165) is 0 Å². The molecule has 0 aromatic carbocycles. The molecule has 80 valence electrons. The zero-order valence-corrected chi connectivity index (χ0v) is 10.3. The van der Waals surface area contributed by atoms with Gasteiger partial charge in [-0.05, 0) is 32.1 Å². The van der Waals surface area contributed by atoms with Crippen molar-refractivity contribution in [2.24, 2.45) is 0 Å². The van der Waals surface area contributed by atoms with Gasteiger partial charge in [-0.3, -0.25) is 0 Å². The fraction of sp³-hybridized carbons (Fsp3) is 0.846.